The first-order valence-corrected chi connectivity index (χ1v) is 6.00. The molecule has 2 heteroatoms. The number of rotatable bonds is 2. The van der Waals surface area contributed by atoms with Crippen LogP contribution in [0.1, 0.15) is 56.2 Å². The fourth-order valence-corrected chi connectivity index (χ4v) is 2.72. The number of hydrogen-bond acceptors (Lipinski definition) is 1. The number of nitrogens with zero attached hydrogens (tertiary/aromatic N) is 1. The molecule has 0 spiro atoms. The Labute approximate surface area is 100 Å². The molecule has 15 heavy (non-hydrogen) atoms. The molecule has 0 heterocycles. The normalized spacial score (nSPS) is 10.8. The Morgan fingerprint density at radius 1 is 1.07 bits per heavy atom. The fraction of sp³-hybridized carbons (Fsp3) is 0.462. The average Bonchev–Trinajstić information content (AvgIpc) is 2.17. The van der Waals surface area contributed by atoms with Gasteiger partial charge in [0.25, 0.3) is 0 Å². The van der Waals surface area contributed by atoms with E-state index in [2.05, 4.69) is 49.7 Å². The molecule has 0 aliphatic carbocycles. The monoisotopic (exact) mass is 265 g/mol. The van der Waals surface area contributed by atoms with Crippen molar-refractivity contribution in [3.63, 3.8) is 0 Å². The minimum atomic E-state index is 0.435. The summed E-state index contributed by atoms with van der Waals surface area (Å²) >= 11 is 3.64. The van der Waals surface area contributed by atoms with Crippen LogP contribution in [0.3, 0.4) is 0 Å². The minimum absolute atomic E-state index is 0.435. The Kier molecular flexibility index (Phi) is 3.93. The second-order valence-corrected chi connectivity index (χ2v) is 5.18. The number of nitriles is 1. The molecule has 1 rings (SSSR count). The number of halogens is 1. The first kappa shape index (κ1) is 12.3. The Balaban J connectivity index is 3.42. The van der Waals surface area contributed by atoms with E-state index in [0.717, 1.165) is 10.0 Å². The van der Waals surface area contributed by atoms with Gasteiger partial charge in [-0.05, 0) is 35.1 Å². The van der Waals surface area contributed by atoms with E-state index < -0.39 is 0 Å². The van der Waals surface area contributed by atoms with Crippen LogP contribution < -0.4 is 0 Å². The smallest absolute Gasteiger partial charge is 0.0991 e. The molecule has 0 saturated heterocycles. The van der Waals surface area contributed by atoms with Crippen LogP contribution >= 0.6 is 15.9 Å². The third-order valence-electron chi connectivity index (χ3n) is 2.50. The van der Waals surface area contributed by atoms with Crippen LogP contribution in [0.4, 0.5) is 0 Å². The van der Waals surface area contributed by atoms with Crippen molar-refractivity contribution in [2.75, 3.05) is 0 Å². The Bertz CT molecular complexity index is 370. The van der Waals surface area contributed by atoms with Gasteiger partial charge in [0.2, 0.25) is 0 Å². The molecule has 1 aromatic carbocycles. The topological polar surface area (TPSA) is 23.8 Å². The van der Waals surface area contributed by atoms with Gasteiger partial charge in [0, 0.05) is 4.47 Å². The predicted octanol–water partition coefficient (Wildman–Crippen LogP) is 4.57. The van der Waals surface area contributed by atoms with E-state index in [-0.39, 0.29) is 0 Å². The van der Waals surface area contributed by atoms with Gasteiger partial charge in [-0.1, -0.05) is 43.6 Å². The summed E-state index contributed by atoms with van der Waals surface area (Å²) in [6.07, 6.45) is 0. The van der Waals surface area contributed by atoms with E-state index in [1.807, 2.05) is 12.1 Å². The average molecular weight is 266 g/mol. The molecule has 0 radical (unpaired) electrons. The van der Waals surface area contributed by atoms with Crippen molar-refractivity contribution in [2.24, 2.45) is 0 Å². The third kappa shape index (κ3) is 2.60. The second-order valence-electron chi connectivity index (χ2n) is 4.39. The van der Waals surface area contributed by atoms with Gasteiger partial charge < -0.3 is 0 Å². The molecule has 1 aromatic rings. The largest absolute Gasteiger partial charge is 0.192 e. The maximum Gasteiger partial charge on any atom is 0.0991 e. The summed E-state index contributed by atoms with van der Waals surface area (Å²) in [7, 11) is 0. The molecular formula is C13H16BrN. The second kappa shape index (κ2) is 4.81. The highest BCUT2D eigenvalue weighted by Gasteiger charge is 2.13. The maximum atomic E-state index is 8.98. The van der Waals surface area contributed by atoms with Gasteiger partial charge in [-0.3, -0.25) is 0 Å². The Morgan fingerprint density at radius 2 is 1.47 bits per heavy atom. The van der Waals surface area contributed by atoms with Crippen LogP contribution in [0.25, 0.3) is 0 Å². The van der Waals surface area contributed by atoms with Crippen molar-refractivity contribution < 1.29 is 0 Å². The molecule has 0 aliphatic heterocycles. The van der Waals surface area contributed by atoms with E-state index in [9.17, 15) is 0 Å². The molecule has 1 nitrogen and oxygen atoms in total. The molecule has 0 aliphatic rings. The van der Waals surface area contributed by atoms with Gasteiger partial charge in [-0.15, -0.1) is 0 Å². The lowest BCUT2D eigenvalue weighted by atomic mass is 9.93. The lowest BCUT2D eigenvalue weighted by molar-refractivity contribution is 0.822. The molecule has 0 aromatic heterocycles. The highest BCUT2D eigenvalue weighted by Crippen LogP contribution is 2.33. The summed E-state index contributed by atoms with van der Waals surface area (Å²) in [5.74, 6) is 0.871. The first-order chi connectivity index (χ1) is 6.97. The van der Waals surface area contributed by atoms with E-state index in [0.29, 0.717) is 11.8 Å². The first-order valence-electron chi connectivity index (χ1n) is 5.20. The summed E-state index contributed by atoms with van der Waals surface area (Å²) in [6, 6.07) is 6.17. The lowest BCUT2D eigenvalue weighted by Gasteiger charge is -2.15. The van der Waals surface area contributed by atoms with E-state index in [4.69, 9.17) is 5.26 Å². The molecule has 0 atom stereocenters. The zero-order chi connectivity index (χ0) is 11.6. The van der Waals surface area contributed by atoms with Crippen molar-refractivity contribution in [1.82, 2.24) is 0 Å². The zero-order valence-electron chi connectivity index (χ0n) is 9.63. The van der Waals surface area contributed by atoms with Gasteiger partial charge >= 0.3 is 0 Å². The number of hydrogen-bond donors (Lipinski definition) is 0. The van der Waals surface area contributed by atoms with Gasteiger partial charge in [0.05, 0.1) is 11.6 Å². The molecule has 0 bridgehead atoms. The molecular weight excluding hydrogens is 250 g/mol. The van der Waals surface area contributed by atoms with Crippen molar-refractivity contribution in [1.29, 1.82) is 5.26 Å². The predicted molar refractivity (Wildman–Crippen MR) is 67.0 cm³/mol. The van der Waals surface area contributed by atoms with Crippen LogP contribution in [-0.4, -0.2) is 0 Å². The van der Waals surface area contributed by atoms with Crippen molar-refractivity contribution >= 4 is 15.9 Å². The van der Waals surface area contributed by atoms with Gasteiger partial charge in [-0.25, -0.2) is 0 Å². The summed E-state index contributed by atoms with van der Waals surface area (Å²) in [5, 5.41) is 8.98. The summed E-state index contributed by atoms with van der Waals surface area (Å²) < 4.78 is 1.16. The highest BCUT2D eigenvalue weighted by atomic mass is 79.9. The lowest BCUT2D eigenvalue weighted by Crippen LogP contribution is -1.98. The van der Waals surface area contributed by atoms with Crippen LogP contribution in [-0.2, 0) is 0 Å². The fourth-order valence-electron chi connectivity index (χ4n) is 1.57. The van der Waals surface area contributed by atoms with E-state index >= 15 is 0 Å². The van der Waals surface area contributed by atoms with Crippen LogP contribution in [0, 0.1) is 11.3 Å². The molecule has 0 fully saturated rings. The van der Waals surface area contributed by atoms with Crippen molar-refractivity contribution in [3.05, 3.63) is 33.3 Å². The molecule has 0 unspecified atom stereocenters. The SMILES string of the molecule is CC(C)c1cc(C#N)cc(C(C)C)c1Br. The van der Waals surface area contributed by atoms with Crippen molar-refractivity contribution in [2.45, 2.75) is 39.5 Å². The molecule has 80 valence electrons. The van der Waals surface area contributed by atoms with Gasteiger partial charge in [-0.2, -0.15) is 5.26 Å². The van der Waals surface area contributed by atoms with Crippen molar-refractivity contribution in [3.8, 4) is 6.07 Å². The maximum absolute atomic E-state index is 8.98. The van der Waals surface area contributed by atoms with Gasteiger partial charge in [0.1, 0.15) is 0 Å². The molecule has 0 N–H and O–H groups in total. The van der Waals surface area contributed by atoms with Crippen LogP contribution in [0.15, 0.2) is 16.6 Å². The summed E-state index contributed by atoms with van der Waals surface area (Å²) in [6.45, 7) is 8.58. The quantitative estimate of drug-likeness (QED) is 0.769. The summed E-state index contributed by atoms with van der Waals surface area (Å²) in [5.41, 5.74) is 3.20. The molecule has 0 amide bonds. The minimum Gasteiger partial charge on any atom is -0.192 e. The van der Waals surface area contributed by atoms with Crippen LogP contribution in [0.5, 0.6) is 0 Å². The zero-order valence-corrected chi connectivity index (χ0v) is 11.2. The third-order valence-corrected chi connectivity index (χ3v) is 3.42. The Hall–Kier alpha value is -0.810. The Morgan fingerprint density at radius 3 is 1.73 bits per heavy atom. The van der Waals surface area contributed by atoms with Crippen LogP contribution in [0.2, 0.25) is 0 Å². The number of benzene rings is 1. The molecule has 0 saturated carbocycles. The van der Waals surface area contributed by atoms with E-state index in [1.54, 1.807) is 0 Å². The summed E-state index contributed by atoms with van der Waals surface area (Å²) in [4.78, 5) is 0. The van der Waals surface area contributed by atoms with Gasteiger partial charge in [0.15, 0.2) is 0 Å². The van der Waals surface area contributed by atoms with E-state index in [1.165, 1.54) is 11.1 Å². The highest BCUT2D eigenvalue weighted by molar-refractivity contribution is 9.10. The standard InChI is InChI=1S/C13H16BrN/c1-8(2)11-5-10(7-15)6-12(9(3)4)13(11)14/h5-6,8-9H,1-4H3.